The van der Waals surface area contributed by atoms with E-state index in [4.69, 9.17) is 4.74 Å². The SMILES string of the molecule is CC(C)(C)C(=O)Oc1ccc(-c2nccc3ccccc23)cc1. The highest BCUT2D eigenvalue weighted by atomic mass is 16.5. The molecule has 2 aromatic carbocycles. The molecule has 0 fully saturated rings. The summed E-state index contributed by atoms with van der Waals surface area (Å²) in [7, 11) is 0. The fourth-order valence-electron chi connectivity index (χ4n) is 2.29. The quantitative estimate of drug-likeness (QED) is 0.501. The summed E-state index contributed by atoms with van der Waals surface area (Å²) in [5.41, 5.74) is 1.41. The third-order valence-electron chi connectivity index (χ3n) is 3.62. The van der Waals surface area contributed by atoms with Gasteiger partial charge in [-0.25, -0.2) is 0 Å². The molecule has 0 aliphatic carbocycles. The molecule has 1 heterocycles. The van der Waals surface area contributed by atoms with Gasteiger partial charge in [0.2, 0.25) is 0 Å². The lowest BCUT2D eigenvalue weighted by atomic mass is 9.97. The second kappa shape index (κ2) is 5.84. The van der Waals surface area contributed by atoms with Crippen molar-refractivity contribution >= 4 is 16.7 Å². The first-order valence-corrected chi connectivity index (χ1v) is 7.61. The zero-order valence-corrected chi connectivity index (χ0v) is 13.5. The van der Waals surface area contributed by atoms with Crippen LogP contribution in [0, 0.1) is 5.41 Å². The number of esters is 1. The highest BCUT2D eigenvalue weighted by Gasteiger charge is 2.23. The number of nitrogens with zero attached hydrogens (tertiary/aromatic N) is 1. The lowest BCUT2D eigenvalue weighted by Crippen LogP contribution is -2.25. The van der Waals surface area contributed by atoms with Gasteiger partial charge < -0.3 is 4.74 Å². The number of benzene rings is 2. The van der Waals surface area contributed by atoms with Gasteiger partial charge in [0.25, 0.3) is 0 Å². The zero-order valence-electron chi connectivity index (χ0n) is 13.5. The number of aromatic nitrogens is 1. The summed E-state index contributed by atoms with van der Waals surface area (Å²) >= 11 is 0. The molecule has 0 N–H and O–H groups in total. The molecule has 0 radical (unpaired) electrons. The van der Waals surface area contributed by atoms with Crippen LogP contribution >= 0.6 is 0 Å². The molecule has 0 bridgehead atoms. The molecular weight excluding hydrogens is 286 g/mol. The van der Waals surface area contributed by atoms with Gasteiger partial charge >= 0.3 is 5.97 Å². The first-order chi connectivity index (χ1) is 10.9. The Morgan fingerprint density at radius 2 is 1.65 bits per heavy atom. The number of hydrogen-bond acceptors (Lipinski definition) is 3. The number of fused-ring (bicyclic) bond motifs is 1. The molecule has 3 aromatic rings. The van der Waals surface area contributed by atoms with Crippen molar-refractivity contribution in [2.75, 3.05) is 0 Å². The van der Waals surface area contributed by atoms with Crippen molar-refractivity contribution in [1.29, 1.82) is 0 Å². The van der Waals surface area contributed by atoms with E-state index in [1.165, 1.54) is 0 Å². The van der Waals surface area contributed by atoms with Gasteiger partial charge in [-0.1, -0.05) is 24.3 Å². The first-order valence-electron chi connectivity index (χ1n) is 7.61. The summed E-state index contributed by atoms with van der Waals surface area (Å²) in [5.74, 6) is 0.308. The Balaban J connectivity index is 1.91. The lowest BCUT2D eigenvalue weighted by molar-refractivity contribution is -0.142. The van der Waals surface area contributed by atoms with E-state index < -0.39 is 5.41 Å². The predicted molar refractivity (Wildman–Crippen MR) is 92.3 cm³/mol. The fourth-order valence-corrected chi connectivity index (χ4v) is 2.29. The monoisotopic (exact) mass is 305 g/mol. The molecule has 3 rings (SSSR count). The maximum absolute atomic E-state index is 11.9. The number of rotatable bonds is 2. The highest BCUT2D eigenvalue weighted by Crippen LogP contribution is 2.28. The van der Waals surface area contributed by atoms with E-state index in [2.05, 4.69) is 17.1 Å². The van der Waals surface area contributed by atoms with Crippen molar-refractivity contribution < 1.29 is 9.53 Å². The summed E-state index contributed by atoms with van der Waals surface area (Å²) in [4.78, 5) is 16.4. The molecule has 0 amide bonds. The minimum absolute atomic E-state index is 0.242. The van der Waals surface area contributed by atoms with Crippen LogP contribution in [0.5, 0.6) is 5.75 Å². The Kier molecular flexibility index (Phi) is 3.87. The van der Waals surface area contributed by atoms with Crippen LogP contribution in [-0.2, 0) is 4.79 Å². The first kappa shape index (κ1) is 15.2. The number of ether oxygens (including phenoxy) is 1. The van der Waals surface area contributed by atoms with Crippen molar-refractivity contribution in [3.63, 3.8) is 0 Å². The summed E-state index contributed by atoms with van der Waals surface area (Å²) < 4.78 is 5.40. The van der Waals surface area contributed by atoms with Gasteiger partial charge in [0.05, 0.1) is 11.1 Å². The van der Waals surface area contributed by atoms with Crippen LogP contribution in [0.1, 0.15) is 20.8 Å². The average molecular weight is 305 g/mol. The third kappa shape index (κ3) is 3.24. The Morgan fingerprint density at radius 3 is 2.35 bits per heavy atom. The van der Waals surface area contributed by atoms with Crippen LogP contribution in [0.3, 0.4) is 0 Å². The summed E-state index contributed by atoms with van der Waals surface area (Å²) in [6, 6.07) is 17.6. The van der Waals surface area contributed by atoms with Crippen molar-refractivity contribution in [2.24, 2.45) is 5.41 Å². The van der Waals surface area contributed by atoms with E-state index in [-0.39, 0.29) is 5.97 Å². The summed E-state index contributed by atoms with van der Waals surface area (Å²) in [5, 5.41) is 2.26. The maximum Gasteiger partial charge on any atom is 0.316 e. The molecule has 0 aliphatic rings. The Morgan fingerprint density at radius 1 is 0.957 bits per heavy atom. The molecule has 0 atom stereocenters. The minimum Gasteiger partial charge on any atom is -0.426 e. The van der Waals surface area contributed by atoms with E-state index in [0.717, 1.165) is 22.0 Å². The molecule has 3 heteroatoms. The Hall–Kier alpha value is -2.68. The molecule has 0 saturated carbocycles. The maximum atomic E-state index is 11.9. The average Bonchev–Trinajstić information content (AvgIpc) is 2.54. The van der Waals surface area contributed by atoms with Crippen LogP contribution in [-0.4, -0.2) is 11.0 Å². The third-order valence-corrected chi connectivity index (χ3v) is 3.62. The van der Waals surface area contributed by atoms with Crippen LogP contribution in [0.2, 0.25) is 0 Å². The van der Waals surface area contributed by atoms with Crippen molar-refractivity contribution in [1.82, 2.24) is 4.98 Å². The van der Waals surface area contributed by atoms with Gasteiger partial charge in [0.15, 0.2) is 0 Å². The number of pyridine rings is 1. The van der Waals surface area contributed by atoms with Gasteiger partial charge in [-0.05, 0) is 56.5 Å². The van der Waals surface area contributed by atoms with Crippen molar-refractivity contribution in [3.8, 4) is 17.0 Å². The summed E-state index contributed by atoms with van der Waals surface area (Å²) in [6.07, 6.45) is 1.81. The molecule has 0 saturated heterocycles. The number of carbonyl (C=O) groups excluding carboxylic acids is 1. The number of hydrogen-bond donors (Lipinski definition) is 0. The minimum atomic E-state index is -0.518. The van der Waals surface area contributed by atoms with Crippen LogP contribution < -0.4 is 4.74 Å². The molecule has 3 nitrogen and oxygen atoms in total. The summed E-state index contributed by atoms with van der Waals surface area (Å²) in [6.45, 7) is 5.51. The van der Waals surface area contributed by atoms with Crippen molar-refractivity contribution in [2.45, 2.75) is 20.8 Å². The Bertz CT molecular complexity index is 840. The van der Waals surface area contributed by atoms with Crippen LogP contribution in [0.4, 0.5) is 0 Å². The fraction of sp³-hybridized carbons (Fsp3) is 0.200. The van der Waals surface area contributed by atoms with Gasteiger partial charge in [-0.3, -0.25) is 9.78 Å². The van der Waals surface area contributed by atoms with Crippen LogP contribution in [0.15, 0.2) is 60.8 Å². The lowest BCUT2D eigenvalue weighted by Gasteiger charge is -2.16. The molecule has 0 spiro atoms. The number of carbonyl (C=O) groups is 1. The van der Waals surface area contributed by atoms with E-state index in [0.29, 0.717) is 5.75 Å². The van der Waals surface area contributed by atoms with E-state index in [1.807, 2.05) is 69.4 Å². The smallest absolute Gasteiger partial charge is 0.316 e. The van der Waals surface area contributed by atoms with Gasteiger partial charge in [0, 0.05) is 17.1 Å². The highest BCUT2D eigenvalue weighted by molar-refractivity contribution is 5.94. The largest absolute Gasteiger partial charge is 0.426 e. The van der Waals surface area contributed by atoms with E-state index in [1.54, 1.807) is 0 Å². The molecule has 116 valence electrons. The van der Waals surface area contributed by atoms with E-state index in [9.17, 15) is 4.79 Å². The zero-order chi connectivity index (χ0) is 16.4. The van der Waals surface area contributed by atoms with Gasteiger partial charge in [-0.15, -0.1) is 0 Å². The Labute approximate surface area is 135 Å². The topological polar surface area (TPSA) is 39.2 Å². The molecule has 0 aliphatic heterocycles. The molecular formula is C20H19NO2. The molecule has 23 heavy (non-hydrogen) atoms. The molecule has 1 aromatic heterocycles. The van der Waals surface area contributed by atoms with E-state index >= 15 is 0 Å². The van der Waals surface area contributed by atoms with Gasteiger partial charge in [0.1, 0.15) is 5.75 Å². The van der Waals surface area contributed by atoms with Crippen LogP contribution in [0.25, 0.3) is 22.0 Å². The second-order valence-electron chi connectivity index (χ2n) is 6.54. The van der Waals surface area contributed by atoms with Gasteiger partial charge in [-0.2, -0.15) is 0 Å². The molecule has 0 unspecified atom stereocenters. The second-order valence-corrected chi connectivity index (χ2v) is 6.54. The van der Waals surface area contributed by atoms with Crippen molar-refractivity contribution in [3.05, 3.63) is 60.8 Å². The standard InChI is InChI=1S/C20H19NO2/c1-20(2,3)19(22)23-16-10-8-15(9-11-16)18-17-7-5-4-6-14(17)12-13-21-18/h4-13H,1-3H3. The predicted octanol–water partition coefficient (Wildman–Crippen LogP) is 4.85. The normalized spacial score (nSPS) is 11.4.